The molecular weight excluding hydrogens is 357 g/mol. The number of fused-ring (bicyclic) bond motifs is 1. The minimum absolute atomic E-state index is 0.180. The highest BCUT2D eigenvalue weighted by molar-refractivity contribution is 7.40. The van der Waals surface area contributed by atoms with E-state index in [-0.39, 0.29) is 11.7 Å². The molecule has 1 saturated heterocycles. The molecule has 130 valence electrons. The quantitative estimate of drug-likeness (QED) is 0.697. The lowest BCUT2D eigenvalue weighted by Crippen LogP contribution is -2.29. The van der Waals surface area contributed by atoms with E-state index in [0.717, 1.165) is 27.8 Å². The molecule has 1 aliphatic heterocycles. The number of anilines is 2. The van der Waals surface area contributed by atoms with E-state index >= 15 is 0 Å². The van der Waals surface area contributed by atoms with Gasteiger partial charge in [0, 0.05) is 18.8 Å². The Balaban J connectivity index is 1.51. The molecule has 0 unspecified atom stereocenters. The molecule has 0 bridgehead atoms. The average Bonchev–Trinajstić information content (AvgIpc) is 3.18. The second-order valence-electron chi connectivity index (χ2n) is 6.25. The van der Waals surface area contributed by atoms with E-state index < -0.39 is 0 Å². The number of benzene rings is 1. The van der Waals surface area contributed by atoms with Gasteiger partial charge in [0.2, 0.25) is 0 Å². The molecule has 1 amide bonds. The molecule has 4 nitrogen and oxygen atoms in total. The van der Waals surface area contributed by atoms with E-state index in [2.05, 4.69) is 10.2 Å². The number of carbonyl (C=O) groups is 1. The maximum Gasteiger partial charge on any atom is 0.265 e. The van der Waals surface area contributed by atoms with Crippen molar-refractivity contribution in [3.8, 4) is 0 Å². The van der Waals surface area contributed by atoms with Crippen LogP contribution >= 0.6 is 22.7 Å². The molecule has 2 aromatic heterocycles. The fraction of sp³-hybridized carbons (Fsp3) is 0.333. The molecule has 1 aromatic carbocycles. The Bertz CT molecular complexity index is 896. The lowest BCUT2D eigenvalue weighted by Gasteiger charge is -2.25. The molecule has 1 N–H and O–H groups in total. The monoisotopic (exact) mass is 375 g/mol. The molecule has 4 rings (SSSR count). The number of halogens is 1. The second-order valence-corrected chi connectivity index (χ2v) is 8.53. The zero-order valence-corrected chi connectivity index (χ0v) is 15.5. The molecule has 0 saturated carbocycles. The lowest BCUT2D eigenvalue weighted by molar-refractivity contribution is 0.103. The van der Waals surface area contributed by atoms with Gasteiger partial charge >= 0.3 is 0 Å². The van der Waals surface area contributed by atoms with Crippen LogP contribution in [0.3, 0.4) is 0 Å². The second kappa shape index (κ2) is 6.72. The number of hydrogen-bond donors (Lipinski definition) is 1. The minimum Gasteiger partial charge on any atom is -0.348 e. The van der Waals surface area contributed by atoms with Crippen molar-refractivity contribution in [2.24, 2.45) is 0 Å². The normalized spacial score (nSPS) is 14.9. The summed E-state index contributed by atoms with van der Waals surface area (Å²) in [7, 11) is 0. The summed E-state index contributed by atoms with van der Waals surface area (Å²) in [6, 6.07) is 6.42. The van der Waals surface area contributed by atoms with Gasteiger partial charge in [0.15, 0.2) is 5.13 Å². The zero-order valence-electron chi connectivity index (χ0n) is 13.8. The standard InChI is InChI=1S/C18H18FN3OS2/c1-11-9-12(5-6-13(11)19)20-16(23)15-10-14-17(24-15)25-18(21-14)22-7-3-2-4-8-22/h5-6,9-10H,2-4,7-8H2,1H3,(H,20,23). The molecule has 7 heteroatoms. The van der Waals surface area contributed by atoms with Gasteiger partial charge in [-0.15, -0.1) is 11.3 Å². The van der Waals surface area contributed by atoms with Crippen LogP contribution < -0.4 is 10.2 Å². The van der Waals surface area contributed by atoms with Crippen molar-refractivity contribution >= 4 is 48.9 Å². The van der Waals surface area contributed by atoms with Crippen molar-refractivity contribution in [1.82, 2.24) is 4.98 Å². The van der Waals surface area contributed by atoms with E-state index in [1.54, 1.807) is 30.4 Å². The topological polar surface area (TPSA) is 45.2 Å². The molecule has 3 heterocycles. The van der Waals surface area contributed by atoms with Crippen LogP contribution in [0, 0.1) is 12.7 Å². The van der Waals surface area contributed by atoms with Crippen LogP contribution in [0.15, 0.2) is 24.3 Å². The summed E-state index contributed by atoms with van der Waals surface area (Å²) >= 11 is 3.12. The predicted molar refractivity (Wildman–Crippen MR) is 103 cm³/mol. The summed E-state index contributed by atoms with van der Waals surface area (Å²) in [5, 5.41) is 3.88. The number of nitrogens with one attached hydrogen (secondary N) is 1. The Morgan fingerprint density at radius 3 is 2.72 bits per heavy atom. The van der Waals surface area contributed by atoms with Gasteiger partial charge in [-0.25, -0.2) is 9.37 Å². The maximum absolute atomic E-state index is 13.3. The van der Waals surface area contributed by atoms with Crippen LogP contribution in [-0.2, 0) is 0 Å². The van der Waals surface area contributed by atoms with Crippen molar-refractivity contribution in [2.75, 3.05) is 23.3 Å². The van der Waals surface area contributed by atoms with Gasteiger partial charge in [-0.1, -0.05) is 11.3 Å². The first-order valence-corrected chi connectivity index (χ1v) is 9.96. The van der Waals surface area contributed by atoms with Crippen LogP contribution in [-0.4, -0.2) is 24.0 Å². The highest BCUT2D eigenvalue weighted by Gasteiger charge is 2.18. The number of amides is 1. The van der Waals surface area contributed by atoms with Crippen LogP contribution in [0.1, 0.15) is 34.5 Å². The summed E-state index contributed by atoms with van der Waals surface area (Å²) in [6.45, 7) is 3.81. The molecule has 1 fully saturated rings. The molecular formula is C18H18FN3OS2. The highest BCUT2D eigenvalue weighted by atomic mass is 32.2. The first-order chi connectivity index (χ1) is 12.1. The molecule has 0 radical (unpaired) electrons. The van der Waals surface area contributed by atoms with Gasteiger partial charge in [0.05, 0.1) is 10.4 Å². The number of hydrogen-bond acceptors (Lipinski definition) is 5. The Kier molecular flexibility index (Phi) is 4.43. The third-order valence-electron chi connectivity index (χ3n) is 4.35. The number of aryl methyl sites for hydroxylation is 1. The van der Waals surface area contributed by atoms with E-state index in [9.17, 15) is 9.18 Å². The van der Waals surface area contributed by atoms with Crippen molar-refractivity contribution in [3.63, 3.8) is 0 Å². The Morgan fingerprint density at radius 2 is 2.00 bits per heavy atom. The zero-order chi connectivity index (χ0) is 17.4. The number of thiophene rings is 1. The molecule has 25 heavy (non-hydrogen) atoms. The van der Waals surface area contributed by atoms with Gasteiger partial charge in [-0.05, 0) is 56.0 Å². The lowest BCUT2D eigenvalue weighted by atomic mass is 10.1. The number of piperidine rings is 1. The van der Waals surface area contributed by atoms with Crippen molar-refractivity contribution in [3.05, 3.63) is 40.5 Å². The van der Waals surface area contributed by atoms with Gasteiger partial charge in [0.1, 0.15) is 9.83 Å². The Hall–Kier alpha value is -1.99. The third-order valence-corrected chi connectivity index (χ3v) is 6.69. The fourth-order valence-electron chi connectivity index (χ4n) is 2.97. The summed E-state index contributed by atoms with van der Waals surface area (Å²) in [6.07, 6.45) is 3.74. The van der Waals surface area contributed by atoms with E-state index in [1.807, 2.05) is 6.07 Å². The van der Waals surface area contributed by atoms with Crippen LogP contribution in [0.4, 0.5) is 15.2 Å². The minimum atomic E-state index is -0.274. The van der Waals surface area contributed by atoms with Crippen LogP contribution in [0.5, 0.6) is 0 Å². The van der Waals surface area contributed by atoms with Crippen LogP contribution in [0.25, 0.3) is 9.53 Å². The predicted octanol–water partition coefficient (Wildman–Crippen LogP) is 5.05. The summed E-state index contributed by atoms with van der Waals surface area (Å²) in [5.74, 6) is -0.454. The van der Waals surface area contributed by atoms with Crippen molar-refractivity contribution in [2.45, 2.75) is 26.2 Å². The number of thiazole rings is 1. The Labute approximate surface area is 153 Å². The van der Waals surface area contributed by atoms with E-state index in [0.29, 0.717) is 16.1 Å². The van der Waals surface area contributed by atoms with E-state index in [1.165, 1.54) is 36.7 Å². The summed E-state index contributed by atoms with van der Waals surface area (Å²) in [5.41, 5.74) is 2.00. The van der Waals surface area contributed by atoms with E-state index in [4.69, 9.17) is 4.98 Å². The number of nitrogens with zero attached hydrogens (tertiary/aromatic N) is 2. The Morgan fingerprint density at radius 1 is 1.20 bits per heavy atom. The SMILES string of the molecule is Cc1cc(NC(=O)c2cc3nc(N4CCCCC4)sc3s2)ccc1F. The highest BCUT2D eigenvalue weighted by Crippen LogP contribution is 2.36. The number of carbonyl (C=O) groups excluding carboxylic acids is 1. The molecule has 0 atom stereocenters. The van der Waals surface area contributed by atoms with Gasteiger partial charge in [-0.3, -0.25) is 4.79 Å². The molecule has 0 aliphatic carbocycles. The summed E-state index contributed by atoms with van der Waals surface area (Å²) in [4.78, 5) is 20.1. The van der Waals surface area contributed by atoms with Gasteiger partial charge < -0.3 is 10.2 Å². The third kappa shape index (κ3) is 3.39. The fourth-order valence-corrected chi connectivity index (χ4v) is 5.19. The van der Waals surface area contributed by atoms with Gasteiger partial charge in [0.25, 0.3) is 5.91 Å². The van der Waals surface area contributed by atoms with Gasteiger partial charge in [-0.2, -0.15) is 0 Å². The van der Waals surface area contributed by atoms with Crippen molar-refractivity contribution < 1.29 is 9.18 Å². The molecule has 1 aliphatic rings. The smallest absolute Gasteiger partial charge is 0.265 e. The summed E-state index contributed by atoms with van der Waals surface area (Å²) < 4.78 is 14.4. The van der Waals surface area contributed by atoms with Crippen molar-refractivity contribution in [1.29, 1.82) is 0 Å². The largest absolute Gasteiger partial charge is 0.348 e. The average molecular weight is 375 g/mol. The number of rotatable bonds is 3. The first kappa shape index (κ1) is 16.5. The molecule has 0 spiro atoms. The van der Waals surface area contributed by atoms with Crippen LogP contribution in [0.2, 0.25) is 0 Å². The number of aromatic nitrogens is 1. The maximum atomic E-state index is 13.3. The first-order valence-electron chi connectivity index (χ1n) is 8.33. The molecule has 3 aromatic rings.